The van der Waals surface area contributed by atoms with Gasteiger partial charge in [0.2, 0.25) is 10.0 Å². The SMILES string of the molecule is CCCNCCn1cc(S(=O)(=O)NC(CC)CCC)cn1. The van der Waals surface area contributed by atoms with Gasteiger partial charge >= 0.3 is 0 Å². The first-order valence-electron chi connectivity index (χ1n) is 7.79. The molecular weight excluding hydrogens is 288 g/mol. The van der Waals surface area contributed by atoms with Gasteiger partial charge in [-0.25, -0.2) is 13.1 Å². The standard InChI is InChI=1S/C14H28N4O2S/c1-4-7-13(6-3)17-21(19,20)14-11-16-18(12-14)10-9-15-8-5-2/h11-13,15,17H,4-10H2,1-3H3. The molecule has 1 atom stereocenters. The van der Waals surface area contributed by atoms with E-state index in [1.165, 1.54) is 6.20 Å². The third-order valence-electron chi connectivity index (χ3n) is 3.32. The van der Waals surface area contributed by atoms with Crippen LogP contribution in [0.3, 0.4) is 0 Å². The molecule has 1 aromatic heterocycles. The maximum Gasteiger partial charge on any atom is 0.243 e. The van der Waals surface area contributed by atoms with Crippen molar-refractivity contribution in [3.05, 3.63) is 12.4 Å². The Morgan fingerprint density at radius 3 is 2.62 bits per heavy atom. The Balaban J connectivity index is 2.61. The zero-order valence-electron chi connectivity index (χ0n) is 13.3. The number of nitrogens with one attached hydrogen (secondary N) is 2. The van der Waals surface area contributed by atoms with Gasteiger partial charge in [-0.15, -0.1) is 0 Å². The zero-order valence-corrected chi connectivity index (χ0v) is 14.1. The Labute approximate surface area is 128 Å². The number of hydrogen-bond acceptors (Lipinski definition) is 4. The van der Waals surface area contributed by atoms with Gasteiger partial charge in [-0.2, -0.15) is 5.10 Å². The second kappa shape index (κ2) is 9.17. The Hall–Kier alpha value is -0.920. The topological polar surface area (TPSA) is 76.0 Å². The minimum absolute atomic E-state index is 0.00503. The third-order valence-corrected chi connectivity index (χ3v) is 4.79. The molecule has 0 aliphatic carbocycles. The molecule has 0 radical (unpaired) electrons. The number of hydrogen-bond donors (Lipinski definition) is 2. The quantitative estimate of drug-likeness (QED) is 0.610. The summed E-state index contributed by atoms with van der Waals surface area (Å²) in [5, 5.41) is 7.38. The summed E-state index contributed by atoms with van der Waals surface area (Å²) in [6.07, 6.45) is 6.70. The third kappa shape index (κ3) is 6.15. The highest BCUT2D eigenvalue weighted by molar-refractivity contribution is 7.89. The van der Waals surface area contributed by atoms with E-state index in [-0.39, 0.29) is 10.9 Å². The molecule has 1 aromatic rings. The summed E-state index contributed by atoms with van der Waals surface area (Å²) in [5.74, 6) is 0. The van der Waals surface area contributed by atoms with Crippen molar-refractivity contribution in [3.8, 4) is 0 Å². The summed E-state index contributed by atoms with van der Waals surface area (Å²) < 4.78 is 29.0. The van der Waals surface area contributed by atoms with Gasteiger partial charge in [0.1, 0.15) is 4.90 Å². The van der Waals surface area contributed by atoms with Crippen molar-refractivity contribution in [1.82, 2.24) is 19.8 Å². The van der Waals surface area contributed by atoms with Crippen LogP contribution in [-0.4, -0.2) is 37.3 Å². The van der Waals surface area contributed by atoms with E-state index >= 15 is 0 Å². The molecule has 7 heteroatoms. The molecule has 0 bridgehead atoms. The van der Waals surface area contributed by atoms with Crippen LogP contribution in [0.2, 0.25) is 0 Å². The summed E-state index contributed by atoms with van der Waals surface area (Å²) in [7, 11) is -3.46. The van der Waals surface area contributed by atoms with Crippen LogP contribution in [0.1, 0.15) is 46.5 Å². The average Bonchev–Trinajstić information content (AvgIpc) is 2.92. The normalized spacial score (nSPS) is 13.5. The van der Waals surface area contributed by atoms with Crippen LogP contribution in [0.4, 0.5) is 0 Å². The van der Waals surface area contributed by atoms with E-state index in [1.807, 2.05) is 6.92 Å². The van der Waals surface area contributed by atoms with Crippen molar-refractivity contribution < 1.29 is 8.42 Å². The Bertz CT molecular complexity index is 499. The van der Waals surface area contributed by atoms with E-state index in [1.54, 1.807) is 10.9 Å². The van der Waals surface area contributed by atoms with Gasteiger partial charge < -0.3 is 5.32 Å². The van der Waals surface area contributed by atoms with Crippen molar-refractivity contribution in [2.75, 3.05) is 13.1 Å². The predicted molar refractivity (Wildman–Crippen MR) is 84.7 cm³/mol. The van der Waals surface area contributed by atoms with E-state index in [4.69, 9.17) is 0 Å². The predicted octanol–water partition coefficient (Wildman–Crippen LogP) is 1.74. The molecular formula is C14H28N4O2S. The van der Waals surface area contributed by atoms with Crippen molar-refractivity contribution in [2.45, 2.75) is 63.9 Å². The van der Waals surface area contributed by atoms with Crippen LogP contribution in [0, 0.1) is 0 Å². The number of aromatic nitrogens is 2. The fourth-order valence-electron chi connectivity index (χ4n) is 2.08. The van der Waals surface area contributed by atoms with E-state index in [0.29, 0.717) is 6.54 Å². The summed E-state index contributed by atoms with van der Waals surface area (Å²) in [4.78, 5) is 0.243. The molecule has 0 aliphatic rings. The molecule has 1 rings (SSSR count). The van der Waals surface area contributed by atoms with E-state index in [0.717, 1.165) is 38.8 Å². The molecule has 2 N–H and O–H groups in total. The van der Waals surface area contributed by atoms with Crippen LogP contribution in [0.15, 0.2) is 17.3 Å². The van der Waals surface area contributed by atoms with Gasteiger partial charge in [0.25, 0.3) is 0 Å². The lowest BCUT2D eigenvalue weighted by Gasteiger charge is -2.15. The Kier molecular flexibility index (Phi) is 7.92. The summed E-state index contributed by atoms with van der Waals surface area (Å²) in [5.41, 5.74) is 0. The van der Waals surface area contributed by atoms with Crippen LogP contribution < -0.4 is 10.0 Å². The fraction of sp³-hybridized carbons (Fsp3) is 0.786. The molecule has 0 fully saturated rings. The summed E-state index contributed by atoms with van der Waals surface area (Å²) in [6, 6.07) is -0.00503. The van der Waals surface area contributed by atoms with Crippen LogP contribution in [0.5, 0.6) is 0 Å². The van der Waals surface area contributed by atoms with Gasteiger partial charge in [-0.1, -0.05) is 27.2 Å². The van der Waals surface area contributed by atoms with Crippen molar-refractivity contribution in [3.63, 3.8) is 0 Å². The first-order valence-corrected chi connectivity index (χ1v) is 9.27. The van der Waals surface area contributed by atoms with Crippen LogP contribution in [0.25, 0.3) is 0 Å². The monoisotopic (exact) mass is 316 g/mol. The number of sulfonamides is 1. The lowest BCUT2D eigenvalue weighted by atomic mass is 10.1. The molecule has 0 spiro atoms. The Morgan fingerprint density at radius 1 is 1.24 bits per heavy atom. The second-order valence-corrected chi connectivity index (χ2v) is 6.92. The smallest absolute Gasteiger partial charge is 0.243 e. The highest BCUT2D eigenvalue weighted by Crippen LogP contribution is 2.11. The van der Waals surface area contributed by atoms with E-state index in [9.17, 15) is 8.42 Å². The molecule has 122 valence electrons. The second-order valence-electron chi connectivity index (χ2n) is 5.20. The minimum Gasteiger partial charge on any atom is -0.315 e. The summed E-state index contributed by atoms with van der Waals surface area (Å²) >= 11 is 0. The van der Waals surface area contributed by atoms with Crippen molar-refractivity contribution in [1.29, 1.82) is 0 Å². The zero-order chi connectivity index (χ0) is 15.7. The average molecular weight is 316 g/mol. The van der Waals surface area contributed by atoms with Gasteiger partial charge in [-0.05, 0) is 25.8 Å². The lowest BCUT2D eigenvalue weighted by molar-refractivity contribution is 0.512. The number of rotatable bonds is 11. The maximum absolute atomic E-state index is 12.3. The van der Waals surface area contributed by atoms with Crippen LogP contribution in [-0.2, 0) is 16.6 Å². The molecule has 1 heterocycles. The molecule has 6 nitrogen and oxygen atoms in total. The van der Waals surface area contributed by atoms with Gasteiger partial charge in [0.05, 0.1) is 12.7 Å². The molecule has 0 saturated heterocycles. The summed E-state index contributed by atoms with van der Waals surface area (Å²) in [6.45, 7) is 8.57. The van der Waals surface area contributed by atoms with E-state index < -0.39 is 10.0 Å². The molecule has 1 unspecified atom stereocenters. The molecule has 0 saturated carbocycles. The maximum atomic E-state index is 12.3. The minimum atomic E-state index is -3.46. The largest absolute Gasteiger partial charge is 0.315 e. The molecule has 21 heavy (non-hydrogen) atoms. The van der Waals surface area contributed by atoms with E-state index in [2.05, 4.69) is 29.0 Å². The van der Waals surface area contributed by atoms with Gasteiger partial charge in [0, 0.05) is 18.8 Å². The van der Waals surface area contributed by atoms with Crippen molar-refractivity contribution >= 4 is 10.0 Å². The van der Waals surface area contributed by atoms with Gasteiger partial charge in [0.15, 0.2) is 0 Å². The molecule has 0 aromatic carbocycles. The van der Waals surface area contributed by atoms with Gasteiger partial charge in [-0.3, -0.25) is 4.68 Å². The molecule has 0 aliphatic heterocycles. The first-order chi connectivity index (χ1) is 10.0. The fourth-order valence-corrected chi connectivity index (χ4v) is 3.39. The highest BCUT2D eigenvalue weighted by atomic mass is 32.2. The highest BCUT2D eigenvalue weighted by Gasteiger charge is 2.20. The lowest BCUT2D eigenvalue weighted by Crippen LogP contribution is -2.34. The number of nitrogens with zero attached hydrogens (tertiary/aromatic N) is 2. The molecule has 0 amide bonds. The van der Waals surface area contributed by atoms with Crippen molar-refractivity contribution in [2.24, 2.45) is 0 Å². The first kappa shape index (κ1) is 18.1. The Morgan fingerprint density at radius 2 is 2.00 bits per heavy atom. The van der Waals surface area contributed by atoms with Crippen LogP contribution >= 0.6 is 0 Å².